The van der Waals surface area contributed by atoms with Crippen LogP contribution in [0, 0.1) is 5.82 Å². The molecule has 0 fully saturated rings. The monoisotopic (exact) mass is 199 g/mol. The molecule has 0 radical (unpaired) electrons. The Morgan fingerprint density at radius 2 is 2.07 bits per heavy atom. The molecular weight excluding hydrogens is 189 g/mol. The van der Waals surface area contributed by atoms with Crippen LogP contribution >= 0.6 is 0 Å². The minimum Gasteiger partial charge on any atom is -0.256 e. The number of halogens is 1. The summed E-state index contributed by atoms with van der Waals surface area (Å²) < 4.78 is 13.0. The van der Waals surface area contributed by atoms with E-state index in [-0.39, 0.29) is 5.82 Å². The van der Waals surface area contributed by atoms with Gasteiger partial charge in [-0.05, 0) is 29.8 Å². The lowest BCUT2D eigenvalue weighted by Gasteiger charge is -2.01. The van der Waals surface area contributed by atoms with Crippen molar-refractivity contribution < 1.29 is 4.39 Å². The third kappa shape index (κ3) is 2.10. The third-order valence-electron chi connectivity index (χ3n) is 2.14. The van der Waals surface area contributed by atoms with Crippen LogP contribution < -0.4 is 0 Å². The van der Waals surface area contributed by atoms with Crippen LogP contribution in [0.5, 0.6) is 0 Å². The van der Waals surface area contributed by atoms with Gasteiger partial charge in [0.15, 0.2) is 0 Å². The van der Waals surface area contributed by atoms with Gasteiger partial charge >= 0.3 is 0 Å². The van der Waals surface area contributed by atoms with E-state index in [1.807, 2.05) is 18.2 Å². The summed E-state index contributed by atoms with van der Waals surface area (Å²) in [6.45, 7) is 3.68. The molecule has 2 aromatic rings. The minimum absolute atomic E-state index is 0.252. The minimum atomic E-state index is -0.252. The first-order chi connectivity index (χ1) is 7.29. The number of benzene rings is 1. The lowest BCUT2D eigenvalue weighted by molar-refractivity contribution is 0.628. The molecule has 0 saturated heterocycles. The Morgan fingerprint density at radius 1 is 1.20 bits per heavy atom. The molecule has 2 heteroatoms. The summed E-state index contributed by atoms with van der Waals surface area (Å²) in [5.41, 5.74) is 2.51. The number of nitrogens with zero attached hydrogens (tertiary/aromatic N) is 1. The predicted molar refractivity (Wildman–Crippen MR) is 59.7 cm³/mol. The Hall–Kier alpha value is -1.96. The number of pyridine rings is 1. The number of aromatic nitrogens is 1. The standard InChI is InChI=1S/C13H10FN/c1-2-10-6-7-15-13(8-10)11-4-3-5-12(14)9-11/h2-9H,1H2. The molecule has 0 aliphatic carbocycles. The summed E-state index contributed by atoms with van der Waals surface area (Å²) in [7, 11) is 0. The zero-order chi connectivity index (χ0) is 10.7. The van der Waals surface area contributed by atoms with Gasteiger partial charge < -0.3 is 0 Å². The van der Waals surface area contributed by atoms with Gasteiger partial charge in [-0.25, -0.2) is 4.39 Å². The third-order valence-corrected chi connectivity index (χ3v) is 2.14. The molecule has 2 rings (SSSR count). The van der Waals surface area contributed by atoms with Gasteiger partial charge in [-0.15, -0.1) is 0 Å². The average molecular weight is 199 g/mol. The molecule has 15 heavy (non-hydrogen) atoms. The highest BCUT2D eigenvalue weighted by molar-refractivity contribution is 5.62. The van der Waals surface area contributed by atoms with Crippen LogP contribution in [-0.2, 0) is 0 Å². The SMILES string of the molecule is C=Cc1ccnc(-c2cccc(F)c2)c1. The van der Waals surface area contributed by atoms with E-state index in [4.69, 9.17) is 0 Å². The Labute approximate surface area is 87.9 Å². The Bertz CT molecular complexity index is 491. The van der Waals surface area contributed by atoms with Crippen molar-refractivity contribution in [3.63, 3.8) is 0 Å². The summed E-state index contributed by atoms with van der Waals surface area (Å²) in [5.74, 6) is -0.252. The molecule has 1 heterocycles. The fourth-order valence-electron chi connectivity index (χ4n) is 1.38. The normalized spacial score (nSPS) is 9.93. The lowest BCUT2D eigenvalue weighted by atomic mass is 10.1. The van der Waals surface area contributed by atoms with Crippen molar-refractivity contribution in [1.29, 1.82) is 0 Å². The van der Waals surface area contributed by atoms with Crippen molar-refractivity contribution in [2.75, 3.05) is 0 Å². The number of hydrogen-bond donors (Lipinski definition) is 0. The largest absolute Gasteiger partial charge is 0.256 e. The van der Waals surface area contributed by atoms with Gasteiger partial charge in [0.2, 0.25) is 0 Å². The first-order valence-electron chi connectivity index (χ1n) is 4.64. The van der Waals surface area contributed by atoms with Gasteiger partial charge in [-0.1, -0.05) is 24.8 Å². The van der Waals surface area contributed by atoms with Crippen molar-refractivity contribution in [3.05, 3.63) is 60.6 Å². The van der Waals surface area contributed by atoms with Crippen LogP contribution in [-0.4, -0.2) is 4.98 Å². The van der Waals surface area contributed by atoms with Crippen LogP contribution in [0.15, 0.2) is 49.2 Å². The van der Waals surface area contributed by atoms with E-state index in [1.165, 1.54) is 12.1 Å². The summed E-state index contributed by atoms with van der Waals surface area (Å²) in [6, 6.07) is 10.1. The Balaban J connectivity index is 2.49. The van der Waals surface area contributed by atoms with Crippen molar-refractivity contribution in [3.8, 4) is 11.3 Å². The van der Waals surface area contributed by atoms with Gasteiger partial charge in [0.1, 0.15) is 5.82 Å². The second-order valence-electron chi connectivity index (χ2n) is 3.19. The van der Waals surface area contributed by atoms with E-state index in [0.717, 1.165) is 16.8 Å². The molecule has 0 spiro atoms. The van der Waals surface area contributed by atoms with Crippen LogP contribution in [0.2, 0.25) is 0 Å². The smallest absolute Gasteiger partial charge is 0.123 e. The highest BCUT2D eigenvalue weighted by Gasteiger charge is 2.00. The summed E-state index contributed by atoms with van der Waals surface area (Å²) in [4.78, 5) is 4.18. The highest BCUT2D eigenvalue weighted by Crippen LogP contribution is 2.18. The van der Waals surface area contributed by atoms with Crippen LogP contribution in [0.1, 0.15) is 5.56 Å². The fraction of sp³-hybridized carbons (Fsp3) is 0. The summed E-state index contributed by atoms with van der Waals surface area (Å²) in [6.07, 6.45) is 3.43. The second-order valence-corrected chi connectivity index (χ2v) is 3.19. The van der Waals surface area contributed by atoms with Gasteiger partial charge in [0.25, 0.3) is 0 Å². The number of hydrogen-bond acceptors (Lipinski definition) is 1. The molecule has 0 atom stereocenters. The van der Waals surface area contributed by atoms with Crippen molar-refractivity contribution in [1.82, 2.24) is 4.98 Å². The first kappa shape index (κ1) is 9.59. The average Bonchev–Trinajstić information content (AvgIpc) is 2.29. The van der Waals surface area contributed by atoms with E-state index in [9.17, 15) is 4.39 Å². The quantitative estimate of drug-likeness (QED) is 0.721. The Kier molecular flexibility index (Phi) is 2.59. The van der Waals surface area contributed by atoms with Crippen LogP contribution in [0.4, 0.5) is 4.39 Å². The highest BCUT2D eigenvalue weighted by atomic mass is 19.1. The lowest BCUT2D eigenvalue weighted by Crippen LogP contribution is -1.85. The maximum atomic E-state index is 13.0. The molecule has 1 aromatic heterocycles. The van der Waals surface area contributed by atoms with Crippen LogP contribution in [0.3, 0.4) is 0 Å². The Morgan fingerprint density at radius 3 is 2.80 bits per heavy atom. The molecule has 1 aromatic carbocycles. The van der Waals surface area contributed by atoms with Crippen molar-refractivity contribution in [2.45, 2.75) is 0 Å². The molecule has 0 amide bonds. The maximum Gasteiger partial charge on any atom is 0.123 e. The van der Waals surface area contributed by atoms with Gasteiger partial charge in [-0.3, -0.25) is 4.98 Å². The van der Waals surface area contributed by atoms with E-state index in [1.54, 1.807) is 18.3 Å². The van der Waals surface area contributed by atoms with E-state index < -0.39 is 0 Å². The van der Waals surface area contributed by atoms with Crippen molar-refractivity contribution in [2.24, 2.45) is 0 Å². The molecule has 74 valence electrons. The first-order valence-corrected chi connectivity index (χ1v) is 4.64. The van der Waals surface area contributed by atoms with Gasteiger partial charge in [0, 0.05) is 11.8 Å². The molecule has 0 unspecified atom stereocenters. The molecule has 0 aliphatic heterocycles. The maximum absolute atomic E-state index is 13.0. The zero-order valence-corrected chi connectivity index (χ0v) is 8.15. The molecular formula is C13H10FN. The van der Waals surface area contributed by atoms with Gasteiger partial charge in [0.05, 0.1) is 5.69 Å². The zero-order valence-electron chi connectivity index (χ0n) is 8.15. The molecule has 0 saturated carbocycles. The summed E-state index contributed by atoms with van der Waals surface area (Å²) in [5, 5.41) is 0. The van der Waals surface area contributed by atoms with E-state index in [0.29, 0.717) is 0 Å². The van der Waals surface area contributed by atoms with Gasteiger partial charge in [-0.2, -0.15) is 0 Å². The topological polar surface area (TPSA) is 12.9 Å². The second kappa shape index (κ2) is 4.05. The van der Waals surface area contributed by atoms with Crippen LogP contribution in [0.25, 0.3) is 17.3 Å². The predicted octanol–water partition coefficient (Wildman–Crippen LogP) is 3.53. The van der Waals surface area contributed by atoms with Crippen molar-refractivity contribution >= 4 is 6.08 Å². The fourth-order valence-corrected chi connectivity index (χ4v) is 1.38. The van der Waals surface area contributed by atoms with E-state index >= 15 is 0 Å². The number of rotatable bonds is 2. The molecule has 1 nitrogen and oxygen atoms in total. The molecule has 0 N–H and O–H groups in total. The van der Waals surface area contributed by atoms with E-state index in [2.05, 4.69) is 11.6 Å². The molecule has 0 aliphatic rings. The summed E-state index contributed by atoms with van der Waals surface area (Å²) >= 11 is 0. The molecule has 0 bridgehead atoms.